The second kappa shape index (κ2) is 14.4. The molecule has 0 amide bonds. The Hall–Kier alpha value is -2.11. The van der Waals surface area contributed by atoms with Crippen LogP contribution in [0.25, 0.3) is 0 Å². The molecule has 0 saturated carbocycles. The highest BCUT2D eigenvalue weighted by Gasteiger charge is 2.57. The van der Waals surface area contributed by atoms with Crippen molar-refractivity contribution in [2.45, 2.75) is 134 Å². The lowest BCUT2D eigenvalue weighted by Gasteiger charge is -2.53. The first-order valence-corrected chi connectivity index (χ1v) is 21.8. The van der Waals surface area contributed by atoms with Gasteiger partial charge in [-0.25, -0.2) is 0 Å². The molecule has 5 nitrogen and oxygen atoms in total. The third kappa shape index (κ3) is 6.87. The lowest BCUT2D eigenvalue weighted by molar-refractivity contribution is -0.347. The van der Waals surface area contributed by atoms with Crippen molar-refractivity contribution >= 4 is 27.0 Å². The molecule has 1 spiro atoms. The lowest BCUT2D eigenvalue weighted by atomic mass is 9.86. The maximum absolute atomic E-state index is 12.2. The first-order valence-electron chi connectivity index (χ1n) is 17.8. The average Bonchev–Trinajstić information content (AvgIpc) is 3.03. The van der Waals surface area contributed by atoms with Crippen LogP contribution in [0.5, 0.6) is 0 Å². The van der Waals surface area contributed by atoms with E-state index in [2.05, 4.69) is 141 Å². The minimum atomic E-state index is -2.70. The van der Waals surface area contributed by atoms with Crippen LogP contribution in [0.2, 0.25) is 21.7 Å². The third-order valence-electron chi connectivity index (χ3n) is 10.9. The normalized spacial score (nSPS) is 23.9. The highest BCUT2D eigenvalue weighted by molar-refractivity contribution is 6.99. The second-order valence-electron chi connectivity index (χ2n) is 15.7. The summed E-state index contributed by atoms with van der Waals surface area (Å²) in [6.07, 6.45) is 0.321. The molecule has 256 valence electrons. The number of ether oxygens (including phenoxy) is 2. The summed E-state index contributed by atoms with van der Waals surface area (Å²) in [5.74, 6) is -1.16. The summed E-state index contributed by atoms with van der Waals surface area (Å²) in [5, 5.41) is 14.6. The molecular weight excluding hydrogens is 617 g/mol. The van der Waals surface area contributed by atoms with Gasteiger partial charge in [0.1, 0.15) is 6.10 Å². The summed E-state index contributed by atoms with van der Waals surface area (Å²) in [5.41, 5.74) is 3.52. The van der Waals surface area contributed by atoms with Gasteiger partial charge < -0.3 is 23.4 Å². The zero-order chi connectivity index (χ0) is 34.0. The van der Waals surface area contributed by atoms with Crippen LogP contribution in [0.1, 0.15) is 86.3 Å². The Morgan fingerprint density at radius 3 is 1.81 bits per heavy atom. The van der Waals surface area contributed by atoms with Crippen molar-refractivity contribution in [2.24, 2.45) is 0 Å². The van der Waals surface area contributed by atoms with Crippen molar-refractivity contribution in [1.82, 2.24) is 0 Å². The molecule has 0 radical (unpaired) electrons. The predicted octanol–water partition coefficient (Wildman–Crippen LogP) is 8.13. The molecule has 2 aliphatic heterocycles. The van der Waals surface area contributed by atoms with E-state index in [1.54, 1.807) is 0 Å². The Morgan fingerprint density at radius 1 is 0.787 bits per heavy atom. The average molecular weight is 675 g/mol. The lowest BCUT2D eigenvalue weighted by Crippen LogP contribution is -2.67. The summed E-state index contributed by atoms with van der Waals surface area (Å²) >= 11 is 0. The standard InChI is InChI=1S/C40H58O5Si2/c1-29(2)46(30(3)4,31(5)6)45-37-26-34(44-40(38(37)41)27-32-18-16-17-19-33(32)28-42-40)24-25-43-47(39(7,8)9,35-20-12-10-13-21-35)36-22-14-11-15-23-36/h10-23,29-31,34,37-38,41H,24-28H2,1-9H3/t34-,37+,38-,40-/m1/s1. The van der Waals surface area contributed by atoms with Crippen molar-refractivity contribution < 1.29 is 23.4 Å². The van der Waals surface area contributed by atoms with Crippen LogP contribution in [0, 0.1) is 0 Å². The number of aliphatic hydroxyl groups is 1. The molecule has 0 aliphatic carbocycles. The Kier molecular flexibility index (Phi) is 11.1. The fourth-order valence-electron chi connectivity index (χ4n) is 8.79. The van der Waals surface area contributed by atoms with Crippen molar-refractivity contribution in [2.75, 3.05) is 6.61 Å². The number of fused-ring (bicyclic) bond motifs is 1. The van der Waals surface area contributed by atoms with Gasteiger partial charge in [0, 0.05) is 19.4 Å². The molecule has 4 atom stereocenters. The molecule has 47 heavy (non-hydrogen) atoms. The van der Waals surface area contributed by atoms with E-state index >= 15 is 0 Å². The first-order chi connectivity index (χ1) is 22.3. The molecule has 7 heteroatoms. The van der Waals surface area contributed by atoms with E-state index in [4.69, 9.17) is 18.3 Å². The Morgan fingerprint density at radius 2 is 1.30 bits per heavy atom. The van der Waals surface area contributed by atoms with Crippen molar-refractivity contribution in [3.05, 3.63) is 96.1 Å². The minimum absolute atomic E-state index is 0.112. The van der Waals surface area contributed by atoms with Gasteiger partial charge in [-0.1, -0.05) is 147 Å². The third-order valence-corrected chi connectivity index (χ3v) is 22.1. The Labute approximate surface area is 286 Å². The van der Waals surface area contributed by atoms with Crippen molar-refractivity contribution in [1.29, 1.82) is 0 Å². The molecular formula is C40H58O5Si2. The van der Waals surface area contributed by atoms with Gasteiger partial charge in [-0.15, -0.1) is 0 Å². The zero-order valence-corrected chi connectivity index (χ0v) is 32.2. The van der Waals surface area contributed by atoms with Crippen LogP contribution in [-0.2, 0) is 31.4 Å². The van der Waals surface area contributed by atoms with Crippen LogP contribution < -0.4 is 10.4 Å². The maximum Gasteiger partial charge on any atom is 0.261 e. The summed E-state index contributed by atoms with van der Waals surface area (Å²) in [6, 6.07) is 29.9. The molecule has 2 heterocycles. The van der Waals surface area contributed by atoms with Crippen LogP contribution in [-0.4, -0.2) is 52.4 Å². The van der Waals surface area contributed by atoms with Gasteiger partial charge in [0.2, 0.25) is 14.1 Å². The summed E-state index contributed by atoms with van der Waals surface area (Å²) in [7, 11) is -5.01. The van der Waals surface area contributed by atoms with Crippen LogP contribution in [0.4, 0.5) is 0 Å². The Bertz CT molecular complexity index is 1380. The van der Waals surface area contributed by atoms with E-state index in [0.717, 1.165) is 5.56 Å². The maximum atomic E-state index is 12.2. The van der Waals surface area contributed by atoms with E-state index in [-0.39, 0.29) is 17.2 Å². The Balaban J connectivity index is 1.48. The minimum Gasteiger partial charge on any atom is -0.410 e. The summed E-state index contributed by atoms with van der Waals surface area (Å²) in [6.45, 7) is 21.7. The SMILES string of the molecule is CC(C)[Si](O[C@H]1C[C@@H](CCO[Si](c2ccccc2)(c2ccccc2)C(C)(C)C)O[C@]2(Cc3ccccc3CO2)[C@@H]1O)(C(C)C)C(C)C. The highest BCUT2D eigenvalue weighted by atomic mass is 28.4. The number of aliphatic hydroxyl groups excluding tert-OH is 1. The molecule has 3 aromatic rings. The number of hydrogen-bond acceptors (Lipinski definition) is 5. The highest BCUT2D eigenvalue weighted by Crippen LogP contribution is 2.47. The summed E-state index contributed by atoms with van der Waals surface area (Å²) in [4.78, 5) is 0. The quantitative estimate of drug-likeness (QED) is 0.208. The van der Waals surface area contributed by atoms with Gasteiger partial charge in [0.05, 0.1) is 18.8 Å². The van der Waals surface area contributed by atoms with Gasteiger partial charge in [-0.05, 0) is 49.6 Å². The predicted molar refractivity (Wildman–Crippen MR) is 197 cm³/mol. The fourth-order valence-corrected chi connectivity index (χ4v) is 18.9. The number of rotatable bonds is 11. The van der Waals surface area contributed by atoms with Crippen LogP contribution in [0.3, 0.4) is 0 Å². The van der Waals surface area contributed by atoms with Gasteiger partial charge in [0.25, 0.3) is 8.32 Å². The van der Waals surface area contributed by atoms with E-state index in [0.29, 0.717) is 49.1 Å². The van der Waals surface area contributed by atoms with E-state index in [1.807, 2.05) is 6.07 Å². The zero-order valence-electron chi connectivity index (χ0n) is 30.2. The molecule has 5 rings (SSSR count). The number of benzene rings is 3. The van der Waals surface area contributed by atoms with Crippen LogP contribution in [0.15, 0.2) is 84.9 Å². The second-order valence-corrected chi connectivity index (χ2v) is 25.5. The van der Waals surface area contributed by atoms with Crippen LogP contribution >= 0.6 is 0 Å². The molecule has 0 aromatic heterocycles. The topological polar surface area (TPSA) is 57.2 Å². The van der Waals surface area contributed by atoms with E-state index < -0.39 is 28.5 Å². The van der Waals surface area contributed by atoms with E-state index in [1.165, 1.54) is 15.9 Å². The monoisotopic (exact) mass is 674 g/mol. The molecule has 1 N–H and O–H groups in total. The summed E-state index contributed by atoms with van der Waals surface area (Å²) < 4.78 is 28.2. The van der Waals surface area contributed by atoms with Crippen molar-refractivity contribution in [3.63, 3.8) is 0 Å². The largest absolute Gasteiger partial charge is 0.410 e. The number of hydrogen-bond donors (Lipinski definition) is 1. The van der Waals surface area contributed by atoms with Gasteiger partial charge in [-0.3, -0.25) is 0 Å². The van der Waals surface area contributed by atoms with E-state index in [9.17, 15) is 5.11 Å². The molecule has 1 fully saturated rings. The smallest absolute Gasteiger partial charge is 0.261 e. The first kappa shape index (κ1) is 36.2. The molecule has 0 bridgehead atoms. The molecule has 1 saturated heterocycles. The van der Waals surface area contributed by atoms with Gasteiger partial charge in [0.15, 0.2) is 0 Å². The van der Waals surface area contributed by atoms with Gasteiger partial charge in [-0.2, -0.15) is 0 Å². The van der Waals surface area contributed by atoms with Gasteiger partial charge >= 0.3 is 0 Å². The fraction of sp³-hybridized carbons (Fsp3) is 0.550. The molecule has 2 aliphatic rings. The molecule has 0 unspecified atom stereocenters. The van der Waals surface area contributed by atoms with Crippen molar-refractivity contribution in [3.8, 4) is 0 Å². The molecule has 3 aromatic carbocycles.